The smallest absolute Gasteiger partial charge is 0.326 e. The number of hydrogen-bond donors (Lipinski definition) is 1. The summed E-state index contributed by atoms with van der Waals surface area (Å²) in [7, 11) is 0. The minimum absolute atomic E-state index is 0.293. The number of carboxylic acid groups (broad SMARTS) is 1. The van der Waals surface area contributed by atoms with E-state index in [0.29, 0.717) is 18.7 Å². The molecule has 21 heavy (non-hydrogen) atoms. The first-order chi connectivity index (χ1) is 10.2. The fourth-order valence-electron chi connectivity index (χ4n) is 2.50. The number of amides is 1. The first-order valence-electron chi connectivity index (χ1n) is 6.71. The molecule has 3 rings (SSSR count). The van der Waals surface area contributed by atoms with E-state index in [1.165, 1.54) is 16.2 Å². The third-order valence-corrected chi connectivity index (χ3v) is 4.43. The van der Waals surface area contributed by atoms with Crippen LogP contribution in [0.4, 0.5) is 0 Å². The van der Waals surface area contributed by atoms with Gasteiger partial charge >= 0.3 is 5.97 Å². The third-order valence-electron chi connectivity index (χ3n) is 3.54. The Balaban J connectivity index is 1.83. The number of aliphatic carboxylic acids is 1. The van der Waals surface area contributed by atoms with E-state index in [1.54, 1.807) is 5.38 Å². The summed E-state index contributed by atoms with van der Waals surface area (Å²) in [5.41, 5.74) is 1.28. The summed E-state index contributed by atoms with van der Waals surface area (Å²) in [4.78, 5) is 29.3. The molecule has 0 radical (unpaired) electrons. The lowest BCUT2D eigenvalue weighted by molar-refractivity contribution is -0.141. The molecule has 1 aromatic carbocycles. The first-order valence-corrected chi connectivity index (χ1v) is 7.59. The summed E-state index contributed by atoms with van der Waals surface area (Å²) < 4.78 is 0. The highest BCUT2D eigenvalue weighted by Gasteiger charge is 2.35. The first kappa shape index (κ1) is 13.8. The zero-order valence-electron chi connectivity index (χ0n) is 11.2. The average Bonchev–Trinajstić information content (AvgIpc) is 3.17. The molecule has 1 aromatic heterocycles. The molecule has 1 amide bonds. The van der Waals surface area contributed by atoms with Gasteiger partial charge in [0.15, 0.2) is 0 Å². The highest BCUT2D eigenvalue weighted by molar-refractivity contribution is 7.13. The predicted molar refractivity (Wildman–Crippen MR) is 79.2 cm³/mol. The molecular formula is C15H14N2O3S. The van der Waals surface area contributed by atoms with Crippen molar-refractivity contribution in [3.8, 4) is 10.6 Å². The van der Waals surface area contributed by atoms with Crippen LogP contribution in [0.2, 0.25) is 0 Å². The van der Waals surface area contributed by atoms with Crippen LogP contribution in [0.15, 0.2) is 35.7 Å². The van der Waals surface area contributed by atoms with E-state index < -0.39 is 12.0 Å². The van der Waals surface area contributed by atoms with Gasteiger partial charge in [-0.2, -0.15) is 0 Å². The van der Waals surface area contributed by atoms with Gasteiger partial charge < -0.3 is 10.0 Å². The van der Waals surface area contributed by atoms with Crippen LogP contribution in [0, 0.1) is 0 Å². The van der Waals surface area contributed by atoms with Gasteiger partial charge in [0.05, 0.1) is 0 Å². The van der Waals surface area contributed by atoms with E-state index in [2.05, 4.69) is 4.98 Å². The van der Waals surface area contributed by atoms with E-state index in [9.17, 15) is 9.59 Å². The van der Waals surface area contributed by atoms with Crippen molar-refractivity contribution in [2.24, 2.45) is 0 Å². The molecular weight excluding hydrogens is 288 g/mol. The third kappa shape index (κ3) is 2.67. The Bertz CT molecular complexity index is 669. The van der Waals surface area contributed by atoms with Gasteiger partial charge in [-0.1, -0.05) is 30.3 Å². The molecule has 0 spiro atoms. The zero-order valence-corrected chi connectivity index (χ0v) is 12.0. The molecule has 1 saturated heterocycles. The molecule has 0 bridgehead atoms. The predicted octanol–water partition coefficient (Wildman–Crippen LogP) is 2.50. The second-order valence-electron chi connectivity index (χ2n) is 4.90. The molecule has 1 fully saturated rings. The van der Waals surface area contributed by atoms with Crippen molar-refractivity contribution >= 4 is 23.2 Å². The van der Waals surface area contributed by atoms with E-state index in [1.807, 2.05) is 30.3 Å². The van der Waals surface area contributed by atoms with Crippen LogP contribution in [-0.2, 0) is 4.79 Å². The summed E-state index contributed by atoms with van der Waals surface area (Å²) in [6.07, 6.45) is 1.23. The van der Waals surface area contributed by atoms with Crippen molar-refractivity contribution in [3.05, 3.63) is 41.4 Å². The minimum atomic E-state index is -0.945. The monoisotopic (exact) mass is 302 g/mol. The minimum Gasteiger partial charge on any atom is -0.480 e. The van der Waals surface area contributed by atoms with Gasteiger partial charge in [0.1, 0.15) is 16.7 Å². The van der Waals surface area contributed by atoms with Gasteiger partial charge in [-0.15, -0.1) is 11.3 Å². The van der Waals surface area contributed by atoms with E-state index in [4.69, 9.17) is 5.11 Å². The second kappa shape index (κ2) is 5.65. The van der Waals surface area contributed by atoms with E-state index in [-0.39, 0.29) is 5.91 Å². The fourth-order valence-corrected chi connectivity index (χ4v) is 3.30. The fraction of sp³-hybridized carbons (Fsp3) is 0.267. The van der Waals surface area contributed by atoms with Crippen LogP contribution >= 0.6 is 11.3 Å². The Labute approximate surface area is 125 Å². The lowest BCUT2D eigenvalue weighted by Crippen LogP contribution is -2.40. The topological polar surface area (TPSA) is 70.5 Å². The maximum Gasteiger partial charge on any atom is 0.326 e. The number of hydrogen-bond acceptors (Lipinski definition) is 4. The van der Waals surface area contributed by atoms with Crippen molar-refractivity contribution in [2.45, 2.75) is 18.9 Å². The van der Waals surface area contributed by atoms with Gasteiger partial charge in [0.25, 0.3) is 5.91 Å². The van der Waals surface area contributed by atoms with Crippen LogP contribution in [0.25, 0.3) is 10.6 Å². The summed E-state index contributed by atoms with van der Waals surface area (Å²) in [5, 5.41) is 11.6. The molecule has 1 atom stereocenters. The molecule has 5 nitrogen and oxygen atoms in total. The largest absolute Gasteiger partial charge is 0.480 e. The van der Waals surface area contributed by atoms with Crippen LogP contribution in [-0.4, -0.2) is 39.5 Å². The Morgan fingerprint density at radius 2 is 2.05 bits per heavy atom. The molecule has 2 heterocycles. The Morgan fingerprint density at radius 3 is 2.76 bits per heavy atom. The quantitative estimate of drug-likeness (QED) is 0.945. The molecule has 0 unspecified atom stereocenters. The van der Waals surface area contributed by atoms with Gasteiger partial charge in [-0.25, -0.2) is 9.78 Å². The molecule has 0 aliphatic carbocycles. The molecule has 2 aromatic rings. The van der Waals surface area contributed by atoms with Gasteiger partial charge in [0, 0.05) is 17.5 Å². The second-order valence-corrected chi connectivity index (χ2v) is 5.76. The van der Waals surface area contributed by atoms with Crippen molar-refractivity contribution in [1.29, 1.82) is 0 Å². The zero-order chi connectivity index (χ0) is 14.8. The number of carbonyl (C=O) groups excluding carboxylic acids is 1. The number of nitrogens with zero attached hydrogens (tertiary/aromatic N) is 2. The lowest BCUT2D eigenvalue weighted by atomic mass is 10.2. The highest BCUT2D eigenvalue weighted by atomic mass is 32.1. The van der Waals surface area contributed by atoms with Crippen molar-refractivity contribution in [2.75, 3.05) is 6.54 Å². The Kier molecular flexibility index (Phi) is 3.70. The van der Waals surface area contributed by atoms with E-state index >= 15 is 0 Å². The van der Waals surface area contributed by atoms with Gasteiger partial charge in [-0.05, 0) is 12.8 Å². The molecule has 1 aliphatic heterocycles. The molecule has 108 valence electrons. The van der Waals surface area contributed by atoms with Crippen LogP contribution in [0.3, 0.4) is 0 Å². The summed E-state index contributed by atoms with van der Waals surface area (Å²) >= 11 is 1.39. The number of benzene rings is 1. The summed E-state index contributed by atoms with van der Waals surface area (Å²) in [6.45, 7) is 0.480. The Morgan fingerprint density at radius 1 is 1.29 bits per heavy atom. The number of carboxylic acids is 1. The van der Waals surface area contributed by atoms with Gasteiger partial charge in [-0.3, -0.25) is 4.79 Å². The summed E-state index contributed by atoms with van der Waals surface area (Å²) in [5.74, 6) is -1.24. The van der Waals surface area contributed by atoms with Crippen LogP contribution in [0.5, 0.6) is 0 Å². The molecule has 6 heteroatoms. The van der Waals surface area contributed by atoms with E-state index in [0.717, 1.165) is 17.0 Å². The highest BCUT2D eigenvalue weighted by Crippen LogP contribution is 2.26. The number of carbonyl (C=O) groups is 2. The lowest BCUT2D eigenvalue weighted by Gasteiger charge is -2.20. The van der Waals surface area contributed by atoms with Crippen molar-refractivity contribution in [3.63, 3.8) is 0 Å². The SMILES string of the molecule is O=C(O)[C@H]1CCCN1C(=O)c1csc(-c2ccccc2)n1. The Hall–Kier alpha value is -2.21. The molecule has 0 saturated carbocycles. The number of likely N-dealkylation sites (tertiary alicyclic amines) is 1. The normalized spacial score (nSPS) is 17.9. The van der Waals surface area contributed by atoms with Crippen LogP contribution in [0.1, 0.15) is 23.3 Å². The molecule has 1 aliphatic rings. The summed E-state index contributed by atoms with van der Waals surface area (Å²) in [6, 6.07) is 8.90. The number of thiazole rings is 1. The maximum atomic E-state index is 12.4. The number of aromatic nitrogens is 1. The molecule has 1 N–H and O–H groups in total. The standard InChI is InChI=1S/C15H14N2O3S/c18-14(17-8-4-7-12(17)15(19)20)11-9-21-13(16-11)10-5-2-1-3-6-10/h1-3,5-6,9,12H,4,7-8H2,(H,19,20)/t12-/m1/s1. The number of rotatable bonds is 3. The van der Waals surface area contributed by atoms with Crippen molar-refractivity contribution in [1.82, 2.24) is 9.88 Å². The average molecular weight is 302 g/mol. The maximum absolute atomic E-state index is 12.4. The van der Waals surface area contributed by atoms with Crippen molar-refractivity contribution < 1.29 is 14.7 Å². The van der Waals surface area contributed by atoms with Gasteiger partial charge in [0.2, 0.25) is 0 Å². The van der Waals surface area contributed by atoms with Crippen LogP contribution < -0.4 is 0 Å².